The second-order valence-electron chi connectivity index (χ2n) is 20.4. The Morgan fingerprint density at radius 1 is 1.06 bits per heavy atom. The zero-order valence-corrected chi connectivity index (χ0v) is 39.2. The quantitative estimate of drug-likeness (QED) is 0.142. The van der Waals surface area contributed by atoms with Gasteiger partial charge in [-0.1, -0.05) is 43.7 Å². The van der Waals surface area contributed by atoms with Crippen LogP contribution in [0.2, 0.25) is 0 Å². The van der Waals surface area contributed by atoms with Crippen molar-refractivity contribution in [2.24, 2.45) is 10.9 Å². The Morgan fingerprint density at radius 3 is 2.77 bits per heavy atom. The number of aliphatic hydroxyl groups excluding tert-OH is 2. The minimum atomic E-state index is -2.45. The molecule has 1 amide bonds. The van der Waals surface area contributed by atoms with Gasteiger partial charge in [-0.2, -0.15) is 4.99 Å². The molecular weight excluding hydrogens is 891 g/mol. The SMILES string of the molecule is COc1cc2c3c(c4c(O)c2c2c1/C=C/[C@H](C1=C5[CH+]C(CNC6CCCCC6)=CC=C5N=C1)OC[C@H]1O[C@H](O2)[C@@](O)(CO)[C@@H](OC#CCc2cccc5c2CN(CC4=O)C5=O)[C@@H]1O)[C@@H]1CCC[C@@H]1CC3. The van der Waals surface area contributed by atoms with Crippen LogP contribution in [-0.4, -0.2) is 119 Å². The Hall–Kier alpha value is -5.92. The first-order valence-corrected chi connectivity index (χ1v) is 25.0. The minimum absolute atomic E-state index is 0.00275. The molecule has 0 unspecified atom stereocenters. The lowest BCUT2D eigenvalue weighted by atomic mass is 9.72. The predicted octanol–water partition coefficient (Wildman–Crippen LogP) is 6.06. The van der Waals surface area contributed by atoms with E-state index < -0.39 is 48.7 Å². The molecule has 2 saturated carbocycles. The zero-order valence-electron chi connectivity index (χ0n) is 39.2. The van der Waals surface area contributed by atoms with Gasteiger partial charge in [0.25, 0.3) is 5.91 Å². The number of nitrogens with zero attached hydrogens (tertiary/aromatic N) is 2. The summed E-state index contributed by atoms with van der Waals surface area (Å²) in [6.07, 6.45) is 17.8. The predicted molar refractivity (Wildman–Crippen MR) is 259 cm³/mol. The number of amides is 1. The van der Waals surface area contributed by atoms with Gasteiger partial charge in [0.2, 0.25) is 6.29 Å². The summed E-state index contributed by atoms with van der Waals surface area (Å²) < 4.78 is 32.5. The topological polar surface area (TPSA) is 189 Å². The number of ketones is 1. The van der Waals surface area contributed by atoms with E-state index in [2.05, 4.69) is 29.8 Å². The molecule has 5 aliphatic heterocycles. The van der Waals surface area contributed by atoms with Gasteiger partial charge in [0, 0.05) is 55.3 Å². The van der Waals surface area contributed by atoms with Crippen molar-refractivity contribution < 1.29 is 53.7 Å². The average Bonchev–Trinajstić information content (AvgIpc) is 4.11. The van der Waals surface area contributed by atoms with Crippen molar-refractivity contribution in [3.8, 4) is 29.3 Å². The highest BCUT2D eigenvalue weighted by molar-refractivity contribution is 6.13. The Balaban J connectivity index is 1.05. The summed E-state index contributed by atoms with van der Waals surface area (Å²) in [5.74, 6) is 2.67. The first-order chi connectivity index (χ1) is 34.1. The number of benzene rings is 3. The van der Waals surface area contributed by atoms with Crippen LogP contribution in [-0.2, 0) is 33.6 Å². The first-order valence-electron chi connectivity index (χ1n) is 25.0. The van der Waals surface area contributed by atoms with Crippen LogP contribution >= 0.6 is 0 Å². The summed E-state index contributed by atoms with van der Waals surface area (Å²) in [5, 5.41) is 53.6. The molecule has 14 nitrogen and oxygen atoms in total. The number of carbonyl (C=O) groups is 2. The Labute approximate surface area is 406 Å². The number of aliphatic imine (C=N–C) groups is 1. The van der Waals surface area contributed by atoms with Gasteiger partial charge < -0.3 is 54.3 Å². The highest BCUT2D eigenvalue weighted by Crippen LogP contribution is 2.56. The molecule has 3 fully saturated rings. The van der Waals surface area contributed by atoms with Gasteiger partial charge in [0.1, 0.15) is 47.2 Å². The van der Waals surface area contributed by atoms with Crippen LogP contribution in [0.3, 0.4) is 0 Å². The van der Waals surface area contributed by atoms with E-state index in [1.807, 2.05) is 24.3 Å². The van der Waals surface area contributed by atoms with Crippen molar-refractivity contribution >= 4 is 34.8 Å². The van der Waals surface area contributed by atoms with E-state index in [0.717, 1.165) is 83.2 Å². The number of hydrogen-bond acceptors (Lipinski definition) is 13. The molecule has 0 aromatic heterocycles. The maximum absolute atomic E-state index is 15.2. The smallest absolute Gasteiger partial charge is 0.254 e. The first kappa shape index (κ1) is 45.2. The van der Waals surface area contributed by atoms with Crippen molar-refractivity contribution in [3.05, 3.63) is 110 Å². The van der Waals surface area contributed by atoms with E-state index in [-0.39, 0.29) is 60.4 Å². The highest BCUT2D eigenvalue weighted by Gasteiger charge is 2.59. The van der Waals surface area contributed by atoms with E-state index in [9.17, 15) is 25.2 Å². The summed E-state index contributed by atoms with van der Waals surface area (Å²) in [7, 11) is 1.54. The van der Waals surface area contributed by atoms with Crippen LogP contribution in [0.25, 0.3) is 16.8 Å². The lowest BCUT2D eigenvalue weighted by Crippen LogP contribution is -2.70. The third kappa shape index (κ3) is 7.47. The molecule has 9 aliphatic rings. The number of nitrogens with one attached hydrogen (secondary N) is 1. The van der Waals surface area contributed by atoms with Crippen LogP contribution in [0.4, 0.5) is 0 Å². The van der Waals surface area contributed by atoms with Crippen molar-refractivity contribution in [2.45, 2.75) is 125 Å². The van der Waals surface area contributed by atoms with Crippen LogP contribution in [0.15, 0.2) is 69.9 Å². The number of rotatable bonds is 6. The largest absolute Gasteiger partial charge is 0.506 e. The number of methoxy groups -OCH3 is 1. The molecule has 70 heavy (non-hydrogen) atoms. The normalized spacial score (nSPS) is 30.6. The number of aromatic hydroxyl groups is 1. The third-order valence-electron chi connectivity index (χ3n) is 16.4. The molecule has 5 N–H and O–H groups in total. The van der Waals surface area contributed by atoms with Gasteiger partial charge in [-0.15, -0.1) is 0 Å². The van der Waals surface area contributed by atoms with E-state index in [4.69, 9.17) is 28.7 Å². The minimum Gasteiger partial charge on any atom is -0.506 e. The molecule has 0 spiro atoms. The van der Waals surface area contributed by atoms with Crippen LogP contribution in [0, 0.1) is 24.4 Å². The van der Waals surface area contributed by atoms with Crippen molar-refractivity contribution in [2.75, 3.05) is 33.4 Å². The second-order valence-corrected chi connectivity index (χ2v) is 20.4. The summed E-state index contributed by atoms with van der Waals surface area (Å²) in [6, 6.07) is 7.72. The van der Waals surface area contributed by atoms with Crippen molar-refractivity contribution in [1.29, 1.82) is 0 Å². The Bertz CT molecular complexity index is 2920. The number of aliphatic hydroxyl groups is 3. The third-order valence-corrected chi connectivity index (χ3v) is 16.4. The van der Waals surface area contributed by atoms with E-state index in [1.54, 1.807) is 31.5 Å². The number of Topliss-reactive ketones (excluding diaryl/α,β-unsaturated/α-hetero) is 1. The number of fused-ring (bicyclic) bond motifs is 10. The summed E-state index contributed by atoms with van der Waals surface area (Å²) in [5.41, 5.74) is 5.17. The monoisotopic (exact) mass is 948 g/mol. The van der Waals surface area contributed by atoms with E-state index in [1.165, 1.54) is 24.2 Å². The fourth-order valence-corrected chi connectivity index (χ4v) is 12.8. The van der Waals surface area contributed by atoms with Gasteiger partial charge in [0.05, 0.1) is 55.2 Å². The van der Waals surface area contributed by atoms with Gasteiger partial charge in [-0.05, 0) is 102 Å². The molecule has 3 aromatic rings. The second kappa shape index (κ2) is 18.0. The van der Waals surface area contributed by atoms with Gasteiger partial charge >= 0.3 is 0 Å². The number of ether oxygens (including phenoxy) is 5. The molecular formula is C56H58N3O11+. The number of allylic oxidation sites excluding steroid dienone is 3. The van der Waals surface area contributed by atoms with Crippen LogP contribution in [0.1, 0.15) is 112 Å². The van der Waals surface area contributed by atoms with E-state index >= 15 is 4.79 Å². The highest BCUT2D eigenvalue weighted by atomic mass is 16.7. The Kier molecular flexibility index (Phi) is 11.7. The number of carbonyl (C=O) groups excluding carboxylic acids is 2. The zero-order chi connectivity index (χ0) is 47.8. The average molecular weight is 949 g/mol. The van der Waals surface area contributed by atoms with Gasteiger partial charge in [-0.25, -0.2) is 0 Å². The summed E-state index contributed by atoms with van der Waals surface area (Å²) in [6.45, 7) is -0.632. The maximum Gasteiger partial charge on any atom is 0.254 e. The molecule has 8 bridgehead atoms. The molecule has 14 heteroatoms. The lowest BCUT2D eigenvalue weighted by Gasteiger charge is -2.47. The fraction of sp³-hybridized carbons (Fsp3) is 0.464. The molecule has 362 valence electrons. The van der Waals surface area contributed by atoms with Gasteiger partial charge in [0.15, 0.2) is 23.2 Å². The van der Waals surface area contributed by atoms with Gasteiger partial charge in [-0.3, -0.25) is 9.59 Å². The Morgan fingerprint density at radius 2 is 1.93 bits per heavy atom. The lowest BCUT2D eigenvalue weighted by molar-refractivity contribution is -0.327. The van der Waals surface area contributed by atoms with Crippen molar-refractivity contribution in [3.63, 3.8) is 0 Å². The molecule has 4 aliphatic carbocycles. The molecule has 8 atom stereocenters. The standard InChI is InChI=1S/C56H57N3O11/c1-66-45-23-39-35-17-16-32-9-5-13-34(32)47(35)49-43(61)27-59-26-41-31(8-6-14-36(41)54(59)64)10-7-21-67-53-50(62)46-28-68-44(20-18-37(45)52(48(39)51(49)63)70-55(69-46)56(53,65)29-60)40-25-58-42-19-15-30(22-38(40)42)24-57-33-11-3-2-4-12-33/h6,8,14-15,18-20,22-23,25,32-34,44,46,50,53,55,57,60,62,65H,2-5,9-13,16-17,24,26-29H2,1H3/p+1/b20-18+/t32-,34-,44-,46-,50-,53+,55-,56-/m1/s1. The van der Waals surface area contributed by atoms with Crippen molar-refractivity contribution in [1.82, 2.24) is 10.2 Å². The number of phenols is 1. The summed E-state index contributed by atoms with van der Waals surface area (Å²) >= 11 is 0. The molecule has 5 heterocycles. The van der Waals surface area contributed by atoms with Crippen LogP contribution < -0.4 is 14.8 Å². The number of aryl methyl sites for hydroxylation is 1. The van der Waals surface area contributed by atoms with Crippen LogP contribution in [0.5, 0.6) is 17.2 Å². The van der Waals surface area contributed by atoms with E-state index in [0.29, 0.717) is 47.2 Å². The molecule has 0 radical (unpaired) electrons. The fourth-order valence-electron chi connectivity index (χ4n) is 12.8. The molecule has 3 aromatic carbocycles. The number of phenolic OH excluding ortho intramolecular Hbond substituents is 1. The number of hydrogen-bond donors (Lipinski definition) is 5. The summed E-state index contributed by atoms with van der Waals surface area (Å²) in [4.78, 5) is 35.6. The maximum atomic E-state index is 15.2. The molecule has 12 rings (SSSR count). The molecule has 1 saturated heterocycles.